The average Bonchev–Trinajstić information content (AvgIpc) is 2.52. The summed E-state index contributed by atoms with van der Waals surface area (Å²) in [4.78, 5) is 1.73. The molecular formula is C18H22FNS. The normalized spacial score (nSPS) is 12.3. The van der Waals surface area contributed by atoms with E-state index in [4.69, 9.17) is 0 Å². The Labute approximate surface area is 131 Å². The Morgan fingerprint density at radius 2 is 1.76 bits per heavy atom. The first-order valence-electron chi connectivity index (χ1n) is 7.50. The van der Waals surface area contributed by atoms with Gasteiger partial charge in [-0.1, -0.05) is 49.9 Å². The van der Waals surface area contributed by atoms with Gasteiger partial charge in [0.15, 0.2) is 0 Å². The van der Waals surface area contributed by atoms with E-state index in [0.717, 1.165) is 24.3 Å². The molecule has 0 fully saturated rings. The third kappa shape index (κ3) is 4.58. The minimum atomic E-state index is -0.164. The molecule has 0 amide bonds. The molecule has 0 aliphatic rings. The molecule has 21 heavy (non-hydrogen) atoms. The molecule has 1 N–H and O–H groups in total. The van der Waals surface area contributed by atoms with Gasteiger partial charge in [-0.2, -0.15) is 0 Å². The van der Waals surface area contributed by atoms with Crippen LogP contribution in [0.4, 0.5) is 4.39 Å². The molecule has 0 spiro atoms. The Kier molecular flexibility index (Phi) is 6.27. The molecule has 1 atom stereocenters. The van der Waals surface area contributed by atoms with Crippen molar-refractivity contribution in [1.29, 1.82) is 0 Å². The van der Waals surface area contributed by atoms with Gasteiger partial charge >= 0.3 is 0 Å². The van der Waals surface area contributed by atoms with Crippen LogP contribution in [0.5, 0.6) is 0 Å². The predicted molar refractivity (Wildman–Crippen MR) is 88.3 cm³/mol. The lowest BCUT2D eigenvalue weighted by molar-refractivity contribution is 0.518. The SMILES string of the molecule is CCCNC(CC)c1ccc(Sc2ccccc2F)cc1. The first-order chi connectivity index (χ1) is 10.2. The zero-order valence-corrected chi connectivity index (χ0v) is 13.4. The van der Waals surface area contributed by atoms with Crippen molar-refractivity contribution in [3.8, 4) is 0 Å². The fourth-order valence-electron chi connectivity index (χ4n) is 2.24. The van der Waals surface area contributed by atoms with Gasteiger partial charge in [0.05, 0.1) is 0 Å². The topological polar surface area (TPSA) is 12.0 Å². The molecule has 0 saturated heterocycles. The summed E-state index contributed by atoms with van der Waals surface area (Å²) in [5, 5.41) is 3.55. The van der Waals surface area contributed by atoms with Crippen molar-refractivity contribution in [1.82, 2.24) is 5.32 Å². The highest BCUT2D eigenvalue weighted by Crippen LogP contribution is 2.30. The first kappa shape index (κ1) is 16.1. The molecule has 1 unspecified atom stereocenters. The van der Waals surface area contributed by atoms with Crippen LogP contribution < -0.4 is 5.32 Å². The summed E-state index contributed by atoms with van der Waals surface area (Å²) in [6, 6.07) is 15.7. The summed E-state index contributed by atoms with van der Waals surface area (Å²) >= 11 is 1.46. The van der Waals surface area contributed by atoms with Gasteiger partial charge in [0.25, 0.3) is 0 Å². The number of nitrogens with one attached hydrogen (secondary N) is 1. The second-order valence-electron chi connectivity index (χ2n) is 5.02. The molecule has 0 radical (unpaired) electrons. The van der Waals surface area contributed by atoms with E-state index in [0.29, 0.717) is 10.9 Å². The highest BCUT2D eigenvalue weighted by Gasteiger charge is 2.08. The van der Waals surface area contributed by atoms with Gasteiger partial charge in [0, 0.05) is 15.8 Å². The summed E-state index contributed by atoms with van der Waals surface area (Å²) in [5.74, 6) is -0.164. The molecule has 112 valence electrons. The van der Waals surface area contributed by atoms with Crippen molar-refractivity contribution in [2.24, 2.45) is 0 Å². The van der Waals surface area contributed by atoms with Crippen LogP contribution in [0.25, 0.3) is 0 Å². The standard InChI is InChI=1S/C18H22FNS/c1-3-13-20-17(4-2)14-9-11-15(12-10-14)21-18-8-6-5-7-16(18)19/h5-12,17,20H,3-4,13H2,1-2H3. The molecule has 1 nitrogen and oxygen atoms in total. The Morgan fingerprint density at radius 3 is 2.38 bits per heavy atom. The van der Waals surface area contributed by atoms with Crippen LogP contribution in [0.15, 0.2) is 58.3 Å². The minimum Gasteiger partial charge on any atom is -0.310 e. The number of rotatable bonds is 7. The first-order valence-corrected chi connectivity index (χ1v) is 8.32. The van der Waals surface area contributed by atoms with E-state index in [9.17, 15) is 4.39 Å². The Morgan fingerprint density at radius 1 is 1.05 bits per heavy atom. The van der Waals surface area contributed by atoms with E-state index in [-0.39, 0.29) is 5.82 Å². The summed E-state index contributed by atoms with van der Waals surface area (Å²) in [7, 11) is 0. The Hall–Kier alpha value is -1.32. The van der Waals surface area contributed by atoms with Crippen molar-refractivity contribution in [2.45, 2.75) is 42.5 Å². The molecule has 0 bridgehead atoms. The molecular weight excluding hydrogens is 281 g/mol. The van der Waals surface area contributed by atoms with Gasteiger partial charge in [-0.3, -0.25) is 0 Å². The molecule has 2 rings (SSSR count). The average molecular weight is 303 g/mol. The van der Waals surface area contributed by atoms with E-state index < -0.39 is 0 Å². The second-order valence-corrected chi connectivity index (χ2v) is 6.13. The predicted octanol–water partition coefficient (Wildman–Crippen LogP) is 5.43. The number of hydrogen-bond acceptors (Lipinski definition) is 2. The van der Waals surface area contributed by atoms with Crippen LogP contribution in [0.3, 0.4) is 0 Å². The van der Waals surface area contributed by atoms with Crippen LogP contribution in [-0.2, 0) is 0 Å². The van der Waals surface area contributed by atoms with Gasteiger partial charge in [0.1, 0.15) is 5.82 Å². The van der Waals surface area contributed by atoms with Gasteiger partial charge in [-0.25, -0.2) is 4.39 Å². The quantitative estimate of drug-likeness (QED) is 0.732. The van der Waals surface area contributed by atoms with Gasteiger partial charge < -0.3 is 5.32 Å². The van der Waals surface area contributed by atoms with Crippen molar-refractivity contribution < 1.29 is 4.39 Å². The van der Waals surface area contributed by atoms with Crippen LogP contribution >= 0.6 is 11.8 Å². The third-order valence-corrected chi connectivity index (χ3v) is 4.45. The maximum atomic E-state index is 13.6. The lowest BCUT2D eigenvalue weighted by Crippen LogP contribution is -2.21. The fraction of sp³-hybridized carbons (Fsp3) is 0.333. The van der Waals surface area contributed by atoms with E-state index >= 15 is 0 Å². The molecule has 2 aromatic carbocycles. The summed E-state index contributed by atoms with van der Waals surface area (Å²) in [5.41, 5.74) is 1.30. The summed E-state index contributed by atoms with van der Waals surface area (Å²) in [6.45, 7) is 5.40. The molecule has 0 heterocycles. The number of benzene rings is 2. The highest BCUT2D eigenvalue weighted by molar-refractivity contribution is 7.99. The van der Waals surface area contributed by atoms with Crippen LogP contribution in [-0.4, -0.2) is 6.54 Å². The van der Waals surface area contributed by atoms with Crippen molar-refractivity contribution in [3.05, 3.63) is 59.9 Å². The molecule has 3 heteroatoms. The van der Waals surface area contributed by atoms with Crippen molar-refractivity contribution >= 4 is 11.8 Å². The van der Waals surface area contributed by atoms with E-state index in [1.54, 1.807) is 6.07 Å². The lowest BCUT2D eigenvalue weighted by Gasteiger charge is -2.17. The molecule has 0 aliphatic carbocycles. The van der Waals surface area contributed by atoms with Crippen molar-refractivity contribution in [2.75, 3.05) is 6.54 Å². The highest BCUT2D eigenvalue weighted by atomic mass is 32.2. The maximum absolute atomic E-state index is 13.6. The number of halogens is 1. The monoisotopic (exact) mass is 303 g/mol. The smallest absolute Gasteiger partial charge is 0.137 e. The lowest BCUT2D eigenvalue weighted by atomic mass is 10.0. The molecule has 0 saturated carbocycles. The van der Waals surface area contributed by atoms with Crippen LogP contribution in [0.1, 0.15) is 38.3 Å². The molecule has 0 aliphatic heterocycles. The van der Waals surface area contributed by atoms with E-state index in [2.05, 4.69) is 43.4 Å². The third-order valence-electron chi connectivity index (χ3n) is 3.40. The van der Waals surface area contributed by atoms with Crippen molar-refractivity contribution in [3.63, 3.8) is 0 Å². The number of hydrogen-bond donors (Lipinski definition) is 1. The Balaban J connectivity index is 2.06. The van der Waals surface area contributed by atoms with Crippen LogP contribution in [0, 0.1) is 5.82 Å². The fourth-order valence-corrected chi connectivity index (χ4v) is 3.08. The van der Waals surface area contributed by atoms with E-state index in [1.165, 1.54) is 23.4 Å². The zero-order chi connectivity index (χ0) is 15.1. The maximum Gasteiger partial charge on any atom is 0.137 e. The zero-order valence-electron chi connectivity index (χ0n) is 12.6. The van der Waals surface area contributed by atoms with Gasteiger partial charge in [-0.05, 0) is 49.2 Å². The summed E-state index contributed by atoms with van der Waals surface area (Å²) < 4.78 is 13.6. The summed E-state index contributed by atoms with van der Waals surface area (Å²) in [6.07, 6.45) is 2.21. The second kappa shape index (κ2) is 8.20. The van der Waals surface area contributed by atoms with Gasteiger partial charge in [-0.15, -0.1) is 0 Å². The van der Waals surface area contributed by atoms with E-state index in [1.807, 2.05) is 12.1 Å². The molecule has 2 aromatic rings. The largest absolute Gasteiger partial charge is 0.310 e. The minimum absolute atomic E-state index is 0.164. The van der Waals surface area contributed by atoms with Crippen LogP contribution in [0.2, 0.25) is 0 Å². The Bertz CT molecular complexity index is 553. The molecule has 0 aromatic heterocycles. The van der Waals surface area contributed by atoms with Gasteiger partial charge in [0.2, 0.25) is 0 Å².